The summed E-state index contributed by atoms with van der Waals surface area (Å²) < 4.78 is 20.7. The molecule has 9 nitrogen and oxygen atoms in total. The number of carbonyl (C=O) groups excluding carboxylic acids is 3. The van der Waals surface area contributed by atoms with Crippen LogP contribution in [0.5, 0.6) is 0 Å². The summed E-state index contributed by atoms with van der Waals surface area (Å²) in [5, 5.41) is 8.64. The Bertz CT molecular complexity index is 1190. The van der Waals surface area contributed by atoms with E-state index < -0.39 is 23.6 Å². The molecule has 2 atom stereocenters. The maximum Gasteiger partial charge on any atom is 0.414 e. The van der Waals surface area contributed by atoms with Gasteiger partial charge in [-0.1, -0.05) is 31.4 Å². The molecule has 198 valence electrons. The molecule has 3 amide bonds. The summed E-state index contributed by atoms with van der Waals surface area (Å²) in [6.07, 6.45) is 7.12. The Balaban J connectivity index is 1.47. The highest BCUT2D eigenvalue weighted by Crippen LogP contribution is 2.34. The van der Waals surface area contributed by atoms with Gasteiger partial charge < -0.3 is 20.7 Å². The fourth-order valence-electron chi connectivity index (χ4n) is 4.80. The molecule has 37 heavy (non-hydrogen) atoms. The van der Waals surface area contributed by atoms with E-state index in [1.165, 1.54) is 42.5 Å². The van der Waals surface area contributed by atoms with Crippen LogP contribution in [0, 0.1) is 0 Å². The van der Waals surface area contributed by atoms with Crippen molar-refractivity contribution >= 4 is 23.6 Å². The second kappa shape index (κ2) is 11.1. The summed E-state index contributed by atoms with van der Waals surface area (Å²) >= 11 is 0. The van der Waals surface area contributed by atoms with E-state index in [0.29, 0.717) is 11.3 Å². The fraction of sp³-hybridized carbons (Fsp3) is 0.481. The monoisotopic (exact) mass is 512 g/mol. The predicted molar refractivity (Wildman–Crippen MR) is 137 cm³/mol. The average molecular weight is 513 g/mol. The number of carbonyl (C=O) groups is 3. The molecule has 3 N–H and O–H groups in total. The number of nitrogens with one attached hydrogen (secondary N) is 3. The van der Waals surface area contributed by atoms with Crippen molar-refractivity contribution in [1.29, 1.82) is 0 Å². The quantitative estimate of drug-likeness (QED) is 0.516. The van der Waals surface area contributed by atoms with E-state index in [4.69, 9.17) is 4.74 Å². The SMILES string of the molecule is CC(=O)NC[C@H]1CN(C2=CCC(C)(Nc3cc(C(=O)NC4CCCCC4)cccc3=O)C(F)=C2)C(=O)O1. The van der Waals surface area contributed by atoms with E-state index in [0.717, 1.165) is 25.7 Å². The van der Waals surface area contributed by atoms with Crippen molar-refractivity contribution in [2.24, 2.45) is 0 Å². The van der Waals surface area contributed by atoms with E-state index in [1.807, 2.05) is 0 Å². The molecular formula is C27H33FN4O5. The van der Waals surface area contributed by atoms with Crippen molar-refractivity contribution in [2.75, 3.05) is 18.4 Å². The molecule has 1 saturated heterocycles. The van der Waals surface area contributed by atoms with Gasteiger partial charge in [0.2, 0.25) is 11.3 Å². The maximum absolute atomic E-state index is 15.4. The van der Waals surface area contributed by atoms with Gasteiger partial charge in [-0.3, -0.25) is 19.3 Å². The molecular weight excluding hydrogens is 479 g/mol. The number of rotatable bonds is 7. The van der Waals surface area contributed by atoms with Crippen LogP contribution >= 0.6 is 0 Å². The Morgan fingerprint density at radius 1 is 1.19 bits per heavy atom. The van der Waals surface area contributed by atoms with Gasteiger partial charge in [0.05, 0.1) is 24.3 Å². The number of anilines is 1. The smallest absolute Gasteiger partial charge is 0.414 e. The van der Waals surface area contributed by atoms with Gasteiger partial charge in [0, 0.05) is 24.2 Å². The Kier molecular flexibility index (Phi) is 7.94. The molecule has 0 radical (unpaired) electrons. The molecule has 0 spiro atoms. The highest BCUT2D eigenvalue weighted by atomic mass is 19.1. The van der Waals surface area contributed by atoms with E-state index in [9.17, 15) is 19.2 Å². The van der Waals surface area contributed by atoms with Crippen molar-refractivity contribution in [3.8, 4) is 0 Å². The van der Waals surface area contributed by atoms with Gasteiger partial charge in [-0.15, -0.1) is 0 Å². The summed E-state index contributed by atoms with van der Waals surface area (Å²) in [6, 6.07) is 6.01. The zero-order valence-corrected chi connectivity index (χ0v) is 21.1. The van der Waals surface area contributed by atoms with E-state index in [2.05, 4.69) is 16.0 Å². The highest BCUT2D eigenvalue weighted by molar-refractivity contribution is 5.95. The van der Waals surface area contributed by atoms with Crippen LogP contribution in [0.2, 0.25) is 0 Å². The average Bonchev–Trinajstić information content (AvgIpc) is 3.14. The summed E-state index contributed by atoms with van der Waals surface area (Å²) in [6.45, 7) is 3.33. The first-order chi connectivity index (χ1) is 17.6. The summed E-state index contributed by atoms with van der Waals surface area (Å²) in [4.78, 5) is 50.4. The lowest BCUT2D eigenvalue weighted by atomic mass is 9.90. The Morgan fingerprint density at radius 2 is 1.95 bits per heavy atom. The molecule has 3 aliphatic rings. The number of cyclic esters (lactones) is 1. The van der Waals surface area contributed by atoms with Crippen LogP contribution in [0.4, 0.5) is 14.9 Å². The number of ether oxygens (including phenoxy) is 1. The summed E-state index contributed by atoms with van der Waals surface area (Å²) in [5.74, 6) is -1.07. The normalized spacial score (nSPS) is 24.0. The molecule has 1 heterocycles. The third kappa shape index (κ3) is 6.36. The predicted octanol–water partition coefficient (Wildman–Crippen LogP) is 3.38. The first-order valence-electron chi connectivity index (χ1n) is 12.7. The van der Waals surface area contributed by atoms with Crippen molar-refractivity contribution in [3.05, 3.63) is 63.7 Å². The molecule has 1 aromatic rings. The van der Waals surface area contributed by atoms with Crippen molar-refractivity contribution in [2.45, 2.75) is 70.1 Å². The third-order valence-electron chi connectivity index (χ3n) is 6.99. The minimum Gasteiger partial charge on any atom is -0.442 e. The van der Waals surface area contributed by atoms with Gasteiger partial charge in [0.25, 0.3) is 5.91 Å². The Morgan fingerprint density at radius 3 is 2.65 bits per heavy atom. The molecule has 10 heteroatoms. The maximum atomic E-state index is 15.4. The van der Waals surface area contributed by atoms with Crippen LogP contribution in [0.15, 0.2) is 52.7 Å². The van der Waals surface area contributed by atoms with Gasteiger partial charge in [-0.2, -0.15) is 0 Å². The van der Waals surface area contributed by atoms with Gasteiger partial charge in [0.1, 0.15) is 11.9 Å². The standard InChI is InChI=1S/C27H33FN4O5/c1-17(33)29-15-21-16-32(26(36)37-21)20-11-12-27(2,24(28)14-20)31-22-13-18(7-6-10-23(22)34)25(35)30-19-8-4-3-5-9-19/h6-7,10-11,13-14,19,21H,3-5,8-9,12,15-16H2,1-2H3,(H,29,33)(H,30,35)(H,31,34)/t21-,27?/m0/s1. The first kappa shape index (κ1) is 26.4. The van der Waals surface area contributed by atoms with Crippen LogP contribution in [-0.2, 0) is 9.53 Å². The van der Waals surface area contributed by atoms with Crippen molar-refractivity contribution < 1.29 is 23.5 Å². The lowest BCUT2D eigenvalue weighted by molar-refractivity contribution is -0.119. The topological polar surface area (TPSA) is 117 Å². The lowest BCUT2D eigenvalue weighted by Gasteiger charge is -2.33. The largest absolute Gasteiger partial charge is 0.442 e. The molecule has 0 bridgehead atoms. The van der Waals surface area contributed by atoms with Crippen molar-refractivity contribution in [3.63, 3.8) is 0 Å². The number of nitrogens with zero attached hydrogens (tertiary/aromatic N) is 1. The van der Waals surface area contributed by atoms with Crippen LogP contribution in [0.1, 0.15) is 62.7 Å². The Labute approximate surface area is 215 Å². The first-order valence-corrected chi connectivity index (χ1v) is 12.7. The summed E-state index contributed by atoms with van der Waals surface area (Å²) in [5.41, 5.74) is -0.851. The zero-order chi connectivity index (χ0) is 26.6. The molecule has 1 aliphatic heterocycles. The van der Waals surface area contributed by atoms with Crippen LogP contribution in [0.25, 0.3) is 0 Å². The third-order valence-corrected chi connectivity index (χ3v) is 6.99. The summed E-state index contributed by atoms with van der Waals surface area (Å²) in [7, 11) is 0. The van der Waals surface area contributed by atoms with Crippen LogP contribution < -0.4 is 21.4 Å². The molecule has 1 unspecified atom stereocenters. The minimum absolute atomic E-state index is 0.109. The number of hydrogen-bond donors (Lipinski definition) is 3. The number of halogens is 1. The Hall–Kier alpha value is -3.69. The van der Waals surface area contributed by atoms with Crippen molar-refractivity contribution in [1.82, 2.24) is 15.5 Å². The molecule has 1 saturated carbocycles. The van der Waals surface area contributed by atoms with E-state index >= 15 is 4.39 Å². The fourth-order valence-corrected chi connectivity index (χ4v) is 4.80. The molecule has 2 aliphatic carbocycles. The van der Waals surface area contributed by atoms with Crippen LogP contribution in [-0.4, -0.2) is 53.6 Å². The molecule has 2 fully saturated rings. The number of allylic oxidation sites excluding steroid dienone is 1. The van der Waals surface area contributed by atoms with Gasteiger partial charge in [-0.05, 0) is 50.5 Å². The number of amides is 3. The highest BCUT2D eigenvalue weighted by Gasteiger charge is 2.38. The van der Waals surface area contributed by atoms with Gasteiger partial charge >= 0.3 is 6.09 Å². The lowest BCUT2D eigenvalue weighted by Crippen LogP contribution is -2.40. The zero-order valence-electron chi connectivity index (χ0n) is 21.1. The van der Waals surface area contributed by atoms with E-state index in [-0.39, 0.29) is 48.5 Å². The molecule has 1 aromatic carbocycles. The molecule has 4 rings (SSSR count). The van der Waals surface area contributed by atoms with Crippen LogP contribution in [0.3, 0.4) is 0 Å². The van der Waals surface area contributed by atoms with Gasteiger partial charge in [-0.25, -0.2) is 9.18 Å². The second-order valence-electron chi connectivity index (χ2n) is 10.0. The molecule has 0 aromatic heterocycles. The number of hydrogen-bond acceptors (Lipinski definition) is 6. The minimum atomic E-state index is -1.26. The van der Waals surface area contributed by atoms with E-state index in [1.54, 1.807) is 19.1 Å². The van der Waals surface area contributed by atoms with Gasteiger partial charge in [0.15, 0.2) is 0 Å². The second-order valence-corrected chi connectivity index (χ2v) is 10.0.